The Hall–Kier alpha value is -2.99. The molecule has 0 aromatic heterocycles. The standard InChI is InChI=1S/C19H13ClN2O4/c20-11(9-21-16(23)12-5-1-2-6-13(12)17(21)24)10-22-18(25)14-7-3-4-8-15(14)19(22)26/h1-8,11H,9-10H2. The van der Waals surface area contributed by atoms with E-state index in [4.69, 9.17) is 11.6 Å². The Labute approximate surface area is 154 Å². The Balaban J connectivity index is 1.49. The number of benzene rings is 2. The number of carbonyl (C=O) groups excluding carboxylic acids is 4. The topological polar surface area (TPSA) is 74.8 Å². The fraction of sp³-hybridized carbons (Fsp3) is 0.158. The van der Waals surface area contributed by atoms with Gasteiger partial charge in [0, 0.05) is 13.1 Å². The van der Waals surface area contributed by atoms with Crippen molar-refractivity contribution in [3.05, 3.63) is 70.8 Å². The molecule has 0 atom stereocenters. The third kappa shape index (κ3) is 2.42. The van der Waals surface area contributed by atoms with Gasteiger partial charge in [0.15, 0.2) is 0 Å². The second kappa shape index (κ2) is 6.07. The van der Waals surface area contributed by atoms with Gasteiger partial charge in [-0.25, -0.2) is 0 Å². The van der Waals surface area contributed by atoms with Crippen LogP contribution in [0.25, 0.3) is 0 Å². The van der Waals surface area contributed by atoms with E-state index in [-0.39, 0.29) is 13.1 Å². The maximum atomic E-state index is 12.4. The maximum absolute atomic E-state index is 12.4. The Bertz CT molecular complexity index is 824. The average Bonchev–Trinajstić information content (AvgIpc) is 3.03. The van der Waals surface area contributed by atoms with Gasteiger partial charge in [-0.15, -0.1) is 11.6 Å². The number of imide groups is 2. The zero-order valence-electron chi connectivity index (χ0n) is 13.5. The SMILES string of the molecule is O=C1c2ccccc2C(=O)N1CC(Cl)CN1C(=O)c2ccccc2C1=O. The van der Waals surface area contributed by atoms with Crippen LogP contribution < -0.4 is 0 Å². The molecule has 4 rings (SSSR count). The predicted octanol–water partition coefficient (Wildman–Crippen LogP) is 2.19. The average molecular weight is 369 g/mol. The van der Waals surface area contributed by atoms with E-state index in [1.165, 1.54) is 0 Å². The van der Waals surface area contributed by atoms with Gasteiger partial charge < -0.3 is 0 Å². The van der Waals surface area contributed by atoms with Crippen LogP contribution in [0.15, 0.2) is 48.5 Å². The summed E-state index contributed by atoms with van der Waals surface area (Å²) in [5.41, 5.74) is 1.34. The second-order valence-corrected chi connectivity index (χ2v) is 6.75. The van der Waals surface area contributed by atoms with Gasteiger partial charge in [0.2, 0.25) is 0 Å². The maximum Gasteiger partial charge on any atom is 0.261 e. The van der Waals surface area contributed by atoms with Crippen molar-refractivity contribution in [2.24, 2.45) is 0 Å². The molecule has 0 spiro atoms. The summed E-state index contributed by atoms with van der Waals surface area (Å²) in [4.78, 5) is 51.7. The van der Waals surface area contributed by atoms with Crippen LogP contribution >= 0.6 is 11.6 Å². The third-order valence-electron chi connectivity index (χ3n) is 4.52. The van der Waals surface area contributed by atoms with Crippen LogP contribution in [-0.2, 0) is 0 Å². The van der Waals surface area contributed by atoms with Crippen molar-refractivity contribution in [1.82, 2.24) is 9.80 Å². The van der Waals surface area contributed by atoms with Gasteiger partial charge in [0.25, 0.3) is 23.6 Å². The Morgan fingerprint density at radius 3 is 1.15 bits per heavy atom. The van der Waals surface area contributed by atoms with Crippen molar-refractivity contribution >= 4 is 35.2 Å². The first kappa shape index (κ1) is 16.5. The van der Waals surface area contributed by atoms with E-state index in [1.807, 2.05) is 0 Å². The largest absolute Gasteiger partial charge is 0.273 e. The minimum absolute atomic E-state index is 0.0820. The molecule has 0 N–H and O–H groups in total. The van der Waals surface area contributed by atoms with Crippen molar-refractivity contribution in [1.29, 1.82) is 0 Å². The van der Waals surface area contributed by atoms with E-state index in [0.717, 1.165) is 9.80 Å². The molecule has 7 heteroatoms. The monoisotopic (exact) mass is 368 g/mol. The summed E-state index contributed by atoms with van der Waals surface area (Å²) in [5.74, 6) is -1.67. The van der Waals surface area contributed by atoms with Crippen LogP contribution in [0.1, 0.15) is 41.4 Å². The third-order valence-corrected chi connectivity index (χ3v) is 4.79. The van der Waals surface area contributed by atoms with Gasteiger partial charge in [0.05, 0.1) is 27.6 Å². The predicted molar refractivity (Wildman–Crippen MR) is 93.3 cm³/mol. The van der Waals surface area contributed by atoms with Gasteiger partial charge in [-0.3, -0.25) is 29.0 Å². The number of rotatable bonds is 4. The lowest BCUT2D eigenvalue weighted by Gasteiger charge is -2.21. The molecule has 0 saturated heterocycles. The van der Waals surface area contributed by atoms with E-state index in [1.54, 1.807) is 48.5 Å². The van der Waals surface area contributed by atoms with Crippen molar-refractivity contribution in [2.45, 2.75) is 5.38 Å². The molecule has 0 radical (unpaired) electrons. The summed E-state index contributed by atoms with van der Waals surface area (Å²) < 4.78 is 0. The highest BCUT2D eigenvalue weighted by Gasteiger charge is 2.39. The summed E-state index contributed by atoms with van der Waals surface area (Å²) in [5, 5.41) is -0.764. The molecule has 0 fully saturated rings. The van der Waals surface area contributed by atoms with Gasteiger partial charge in [-0.2, -0.15) is 0 Å². The molecular weight excluding hydrogens is 356 g/mol. The number of hydrogen-bond donors (Lipinski definition) is 0. The smallest absolute Gasteiger partial charge is 0.261 e. The van der Waals surface area contributed by atoms with E-state index in [9.17, 15) is 19.2 Å². The number of halogens is 1. The Morgan fingerprint density at radius 2 is 0.885 bits per heavy atom. The summed E-state index contributed by atoms with van der Waals surface area (Å²) in [6.45, 7) is -0.164. The highest BCUT2D eigenvalue weighted by atomic mass is 35.5. The number of nitrogens with zero attached hydrogens (tertiary/aromatic N) is 2. The van der Waals surface area contributed by atoms with Crippen LogP contribution in [0.3, 0.4) is 0 Å². The molecule has 2 aromatic rings. The fourth-order valence-corrected chi connectivity index (χ4v) is 3.54. The lowest BCUT2D eigenvalue weighted by Crippen LogP contribution is -2.42. The minimum Gasteiger partial charge on any atom is -0.273 e. The molecule has 2 aliphatic heterocycles. The van der Waals surface area contributed by atoms with E-state index in [0.29, 0.717) is 22.3 Å². The highest BCUT2D eigenvalue weighted by molar-refractivity contribution is 6.25. The van der Waals surface area contributed by atoms with Crippen molar-refractivity contribution < 1.29 is 19.2 Å². The fourth-order valence-electron chi connectivity index (χ4n) is 3.26. The molecule has 2 aromatic carbocycles. The number of fused-ring (bicyclic) bond motifs is 2. The molecule has 2 aliphatic rings. The van der Waals surface area contributed by atoms with E-state index >= 15 is 0 Å². The molecule has 6 nitrogen and oxygen atoms in total. The van der Waals surface area contributed by atoms with Crippen molar-refractivity contribution in [3.8, 4) is 0 Å². The Kier molecular flexibility index (Phi) is 3.85. The molecule has 0 aliphatic carbocycles. The highest BCUT2D eigenvalue weighted by Crippen LogP contribution is 2.26. The summed E-state index contributed by atoms with van der Waals surface area (Å²) >= 11 is 6.30. The number of carbonyl (C=O) groups is 4. The van der Waals surface area contributed by atoms with Gasteiger partial charge in [-0.1, -0.05) is 24.3 Å². The quantitative estimate of drug-likeness (QED) is 0.612. The Morgan fingerprint density at radius 1 is 0.615 bits per heavy atom. The first-order chi connectivity index (χ1) is 12.5. The normalized spacial score (nSPS) is 15.9. The van der Waals surface area contributed by atoms with Gasteiger partial charge in [0.1, 0.15) is 0 Å². The first-order valence-corrected chi connectivity index (χ1v) is 8.47. The van der Waals surface area contributed by atoms with E-state index in [2.05, 4.69) is 0 Å². The number of alkyl halides is 1. The zero-order chi connectivity index (χ0) is 18.4. The van der Waals surface area contributed by atoms with Crippen molar-refractivity contribution in [3.63, 3.8) is 0 Å². The lowest BCUT2D eigenvalue weighted by molar-refractivity contribution is 0.0629. The molecule has 130 valence electrons. The van der Waals surface area contributed by atoms with Gasteiger partial charge in [-0.05, 0) is 24.3 Å². The molecule has 0 saturated carbocycles. The molecule has 4 amide bonds. The van der Waals surface area contributed by atoms with Crippen LogP contribution in [0.2, 0.25) is 0 Å². The van der Waals surface area contributed by atoms with Crippen LogP contribution in [0.4, 0.5) is 0 Å². The van der Waals surface area contributed by atoms with Gasteiger partial charge >= 0.3 is 0 Å². The lowest BCUT2D eigenvalue weighted by atomic mass is 10.1. The summed E-state index contributed by atoms with van der Waals surface area (Å²) in [7, 11) is 0. The molecule has 0 bridgehead atoms. The minimum atomic E-state index is -0.764. The molecule has 2 heterocycles. The van der Waals surface area contributed by atoms with Crippen molar-refractivity contribution in [2.75, 3.05) is 13.1 Å². The van der Waals surface area contributed by atoms with Crippen LogP contribution in [0.5, 0.6) is 0 Å². The number of hydrogen-bond acceptors (Lipinski definition) is 4. The molecule has 26 heavy (non-hydrogen) atoms. The number of amides is 4. The summed E-state index contributed by atoms with van der Waals surface area (Å²) in [6, 6.07) is 13.1. The summed E-state index contributed by atoms with van der Waals surface area (Å²) in [6.07, 6.45) is 0. The van der Waals surface area contributed by atoms with Crippen LogP contribution in [0, 0.1) is 0 Å². The molecular formula is C19H13ClN2O4. The van der Waals surface area contributed by atoms with Crippen LogP contribution in [-0.4, -0.2) is 51.9 Å². The first-order valence-electron chi connectivity index (χ1n) is 8.03. The molecule has 0 unspecified atom stereocenters. The zero-order valence-corrected chi connectivity index (χ0v) is 14.3. The van der Waals surface area contributed by atoms with E-state index < -0.39 is 29.0 Å². The second-order valence-electron chi connectivity index (χ2n) is 6.13.